The number of rotatable bonds is 6. The van der Waals surface area contributed by atoms with Crippen molar-refractivity contribution < 1.29 is 22.7 Å². The molecule has 1 amide bonds. The largest absolute Gasteiger partial charge is 0.495 e. The number of amides is 1. The van der Waals surface area contributed by atoms with Crippen LogP contribution in [0.3, 0.4) is 0 Å². The first kappa shape index (κ1) is 28.2. The number of carbonyl (C=O) groups is 1. The summed E-state index contributed by atoms with van der Waals surface area (Å²) in [6.07, 6.45) is -2.84. The normalized spacial score (nSPS) is 17.0. The van der Waals surface area contributed by atoms with E-state index in [1.807, 2.05) is 35.2 Å². The van der Waals surface area contributed by atoms with Crippen LogP contribution < -0.4 is 20.3 Å². The Morgan fingerprint density at radius 1 is 1.07 bits per heavy atom. The molecule has 2 aromatic carbocycles. The molecule has 41 heavy (non-hydrogen) atoms. The number of nitrogens with zero attached hydrogens (tertiary/aromatic N) is 3. The quantitative estimate of drug-likeness (QED) is 0.249. The lowest BCUT2D eigenvalue weighted by molar-refractivity contribution is -0.137. The molecular weight excluding hydrogens is 551 g/mol. The Morgan fingerprint density at radius 2 is 1.80 bits per heavy atom. The molecule has 0 spiro atoms. The molecule has 3 heterocycles. The summed E-state index contributed by atoms with van der Waals surface area (Å²) >= 11 is 5.83. The molecule has 1 aliphatic rings. The molecule has 2 N–H and O–H groups in total. The second-order valence-corrected chi connectivity index (χ2v) is 10.1. The Hall–Kier alpha value is -4.38. The lowest BCUT2D eigenvalue weighted by Gasteiger charge is -2.29. The Morgan fingerprint density at radius 3 is 2.46 bits per heavy atom. The Labute approximate surface area is 241 Å². The van der Waals surface area contributed by atoms with Gasteiger partial charge in [0.25, 0.3) is 0 Å². The van der Waals surface area contributed by atoms with E-state index in [0.29, 0.717) is 33.6 Å². The molecule has 0 saturated carbocycles. The van der Waals surface area contributed by atoms with Gasteiger partial charge >= 0.3 is 6.18 Å². The average Bonchev–Trinajstić information content (AvgIpc) is 3.43. The van der Waals surface area contributed by atoms with Crippen molar-refractivity contribution in [2.45, 2.75) is 39.0 Å². The van der Waals surface area contributed by atoms with Crippen LogP contribution in [0.4, 0.5) is 24.5 Å². The first-order valence-electron chi connectivity index (χ1n) is 12.8. The third-order valence-corrected chi connectivity index (χ3v) is 7.42. The van der Waals surface area contributed by atoms with Gasteiger partial charge in [0.05, 0.1) is 41.8 Å². The van der Waals surface area contributed by atoms with Crippen molar-refractivity contribution in [3.8, 4) is 11.4 Å². The molecule has 4 aromatic rings. The maximum Gasteiger partial charge on any atom is 0.418 e. The molecule has 1 saturated heterocycles. The Kier molecular flexibility index (Phi) is 7.48. The maximum absolute atomic E-state index is 14.0. The van der Waals surface area contributed by atoms with Gasteiger partial charge in [-0.25, -0.2) is 0 Å². The minimum atomic E-state index is -4.53. The molecule has 1 fully saturated rings. The van der Waals surface area contributed by atoms with Crippen LogP contribution in [0.5, 0.6) is 5.75 Å². The Bertz CT molecular complexity index is 1620. The predicted octanol–water partition coefficient (Wildman–Crippen LogP) is 6.65. The zero-order chi connectivity index (χ0) is 29.5. The van der Waals surface area contributed by atoms with E-state index in [9.17, 15) is 18.0 Å². The zero-order valence-corrected chi connectivity index (χ0v) is 23.6. The summed E-state index contributed by atoms with van der Waals surface area (Å²) in [5, 5.41) is 6.57. The van der Waals surface area contributed by atoms with E-state index in [4.69, 9.17) is 17.0 Å². The van der Waals surface area contributed by atoms with Crippen LogP contribution in [0.25, 0.3) is 5.69 Å². The second-order valence-electron chi connectivity index (χ2n) is 9.74. The molecule has 11 heteroatoms. The minimum absolute atomic E-state index is 0.0492. The number of alkyl halides is 3. The van der Waals surface area contributed by atoms with Crippen molar-refractivity contribution in [1.82, 2.24) is 14.9 Å². The highest BCUT2D eigenvalue weighted by Gasteiger charge is 2.43. The number of aryl methyl sites for hydroxylation is 1. The van der Waals surface area contributed by atoms with E-state index >= 15 is 0 Å². The summed E-state index contributed by atoms with van der Waals surface area (Å²) in [6, 6.07) is 17.4. The maximum atomic E-state index is 14.0. The summed E-state index contributed by atoms with van der Waals surface area (Å²) in [7, 11) is 1.51. The number of hydrogen-bond donors (Lipinski definition) is 2. The van der Waals surface area contributed by atoms with Gasteiger partial charge in [-0.2, -0.15) is 13.2 Å². The van der Waals surface area contributed by atoms with Crippen LogP contribution in [0, 0.1) is 13.8 Å². The predicted molar refractivity (Wildman–Crippen MR) is 155 cm³/mol. The number of carbonyl (C=O) groups excluding carboxylic acids is 1. The molecule has 2 aromatic heterocycles. The third kappa shape index (κ3) is 5.24. The van der Waals surface area contributed by atoms with Crippen LogP contribution in [-0.4, -0.2) is 27.7 Å². The van der Waals surface area contributed by atoms with Gasteiger partial charge in [-0.05, 0) is 80.2 Å². The summed E-state index contributed by atoms with van der Waals surface area (Å²) in [4.78, 5) is 18.4. The number of thiocarbonyl (C=S) groups is 1. The molecule has 0 aliphatic carbocycles. The number of hydrogen-bond acceptors (Lipinski definition) is 4. The van der Waals surface area contributed by atoms with Gasteiger partial charge in [0.1, 0.15) is 5.75 Å². The summed E-state index contributed by atoms with van der Waals surface area (Å²) in [6.45, 7) is 5.00. The highest BCUT2D eigenvalue weighted by atomic mass is 32.1. The standard InChI is InChI=1S/C30H28F3N5O2S/c1-17-15-21(18(2)37(17)25-11-6-5-9-22(25)30(31,32)33)28-27(23-10-7-8-14-34-23)36-29(41)38(28)20-12-13-26(40-4)24(16-20)35-19(3)39/h5-16,27-28H,1-4H3,(H,35,39)(H,36,41)/t27-,28-/m1/s1. The van der Waals surface area contributed by atoms with Gasteiger partial charge < -0.3 is 24.8 Å². The molecule has 0 bridgehead atoms. The van der Waals surface area contributed by atoms with Crippen molar-refractivity contribution in [2.75, 3.05) is 17.3 Å². The number of para-hydroxylation sites is 1. The fraction of sp³-hybridized carbons (Fsp3) is 0.233. The average molecular weight is 580 g/mol. The number of ether oxygens (including phenoxy) is 1. The van der Waals surface area contributed by atoms with Gasteiger partial charge in [0, 0.05) is 30.2 Å². The Balaban J connectivity index is 1.70. The van der Waals surface area contributed by atoms with Crippen LogP contribution in [0.15, 0.2) is 72.9 Å². The van der Waals surface area contributed by atoms with E-state index in [1.165, 1.54) is 26.2 Å². The molecule has 0 radical (unpaired) electrons. The van der Waals surface area contributed by atoms with Gasteiger partial charge in [0.15, 0.2) is 5.11 Å². The number of methoxy groups -OCH3 is 1. The lowest BCUT2D eigenvalue weighted by Crippen LogP contribution is -2.29. The molecule has 7 nitrogen and oxygen atoms in total. The van der Waals surface area contributed by atoms with Gasteiger partial charge in [-0.1, -0.05) is 18.2 Å². The fourth-order valence-electron chi connectivity index (χ4n) is 5.45. The van der Waals surface area contributed by atoms with Crippen molar-refractivity contribution in [1.29, 1.82) is 0 Å². The molecule has 212 valence electrons. The number of nitrogens with one attached hydrogen (secondary N) is 2. The number of aromatic nitrogens is 2. The van der Waals surface area contributed by atoms with Gasteiger partial charge in [-0.15, -0.1) is 0 Å². The van der Waals surface area contributed by atoms with Crippen molar-refractivity contribution in [3.05, 3.63) is 101 Å². The van der Waals surface area contributed by atoms with E-state index < -0.39 is 23.8 Å². The number of benzene rings is 2. The van der Waals surface area contributed by atoms with Gasteiger partial charge in [0.2, 0.25) is 5.91 Å². The highest BCUT2D eigenvalue weighted by Crippen LogP contribution is 2.45. The first-order chi connectivity index (χ1) is 19.5. The van der Waals surface area contributed by atoms with E-state index in [1.54, 1.807) is 42.8 Å². The monoisotopic (exact) mass is 579 g/mol. The van der Waals surface area contributed by atoms with E-state index in [-0.39, 0.29) is 11.6 Å². The van der Waals surface area contributed by atoms with Crippen LogP contribution in [0.1, 0.15) is 47.2 Å². The molecule has 2 atom stereocenters. The van der Waals surface area contributed by atoms with Crippen LogP contribution >= 0.6 is 12.2 Å². The van der Waals surface area contributed by atoms with Crippen LogP contribution in [-0.2, 0) is 11.0 Å². The second kappa shape index (κ2) is 10.9. The lowest BCUT2D eigenvalue weighted by atomic mass is 9.96. The first-order valence-corrected chi connectivity index (χ1v) is 13.2. The smallest absolute Gasteiger partial charge is 0.418 e. The van der Waals surface area contributed by atoms with Crippen molar-refractivity contribution >= 4 is 34.6 Å². The van der Waals surface area contributed by atoms with E-state index in [0.717, 1.165) is 17.3 Å². The highest BCUT2D eigenvalue weighted by molar-refractivity contribution is 7.80. The summed E-state index contributed by atoms with van der Waals surface area (Å²) < 4.78 is 49.1. The topological polar surface area (TPSA) is 71.4 Å². The summed E-state index contributed by atoms with van der Waals surface area (Å²) in [5.41, 5.74) is 3.23. The fourth-order valence-corrected chi connectivity index (χ4v) is 5.79. The SMILES string of the molecule is COc1ccc(N2C(=S)N[C@H](c3ccccn3)[C@H]2c2cc(C)n(-c3ccccc3C(F)(F)F)c2C)cc1NC(C)=O. The minimum Gasteiger partial charge on any atom is -0.495 e. The summed E-state index contributed by atoms with van der Waals surface area (Å²) in [5.74, 6) is 0.208. The molecule has 5 rings (SSSR count). The zero-order valence-electron chi connectivity index (χ0n) is 22.8. The number of pyridine rings is 1. The van der Waals surface area contributed by atoms with Crippen molar-refractivity contribution in [3.63, 3.8) is 0 Å². The number of anilines is 2. The van der Waals surface area contributed by atoms with E-state index in [2.05, 4.69) is 15.6 Å². The molecule has 1 aliphatic heterocycles. The van der Waals surface area contributed by atoms with Crippen molar-refractivity contribution in [2.24, 2.45) is 0 Å². The third-order valence-electron chi connectivity index (χ3n) is 7.11. The van der Waals surface area contributed by atoms with Gasteiger partial charge in [-0.3, -0.25) is 9.78 Å². The van der Waals surface area contributed by atoms with Crippen LogP contribution in [0.2, 0.25) is 0 Å². The molecular formula is C30H28F3N5O2S. The molecule has 0 unspecified atom stereocenters. The number of halogens is 3.